The summed E-state index contributed by atoms with van der Waals surface area (Å²) in [6.07, 6.45) is 4.89. The van der Waals surface area contributed by atoms with Gasteiger partial charge in [-0.05, 0) is 57.4 Å². The Bertz CT molecular complexity index is 313. The van der Waals surface area contributed by atoms with E-state index in [0.717, 1.165) is 25.8 Å². The smallest absolute Gasteiger partial charge is 0.306 e. The monoisotopic (exact) mass is 271 g/mol. The van der Waals surface area contributed by atoms with Crippen LogP contribution >= 0.6 is 0 Å². The predicted molar refractivity (Wildman–Crippen MR) is 70.8 cm³/mol. The molecule has 0 aromatic heterocycles. The molecule has 0 aromatic carbocycles. The third-order valence-electron chi connectivity index (χ3n) is 4.67. The normalized spacial score (nSPS) is 39.4. The first kappa shape index (κ1) is 14.8. The molecule has 0 aliphatic heterocycles. The molecule has 110 valence electrons. The summed E-state index contributed by atoms with van der Waals surface area (Å²) in [5.41, 5.74) is -0.747. The highest BCUT2D eigenvalue weighted by atomic mass is 16.4. The van der Waals surface area contributed by atoms with E-state index in [-0.39, 0.29) is 12.0 Å². The second kappa shape index (κ2) is 6.20. The van der Waals surface area contributed by atoms with Crippen LogP contribution in [-0.4, -0.2) is 46.1 Å². The van der Waals surface area contributed by atoms with Crippen molar-refractivity contribution in [3.63, 3.8) is 0 Å². The molecule has 2 saturated carbocycles. The number of nitrogens with one attached hydrogen (secondary N) is 1. The zero-order chi connectivity index (χ0) is 13.9. The minimum Gasteiger partial charge on any atom is -0.481 e. The third-order valence-corrected chi connectivity index (χ3v) is 4.67. The van der Waals surface area contributed by atoms with Crippen molar-refractivity contribution >= 4 is 5.97 Å². The molecular weight excluding hydrogens is 246 g/mol. The van der Waals surface area contributed by atoms with Crippen molar-refractivity contribution in [1.29, 1.82) is 0 Å². The van der Waals surface area contributed by atoms with E-state index in [2.05, 4.69) is 5.32 Å². The Morgan fingerprint density at radius 1 is 1.21 bits per heavy atom. The number of hydrogen-bond acceptors (Lipinski definition) is 4. The summed E-state index contributed by atoms with van der Waals surface area (Å²) in [6, 6.07) is 0. The number of aliphatic carboxylic acids is 1. The van der Waals surface area contributed by atoms with Crippen LogP contribution in [0.2, 0.25) is 0 Å². The van der Waals surface area contributed by atoms with Crippen LogP contribution in [0.3, 0.4) is 0 Å². The van der Waals surface area contributed by atoms with Crippen LogP contribution in [0.1, 0.15) is 44.9 Å². The SMILES string of the molecule is O=C(O)C1CCC(O)(CNCC2CCC(O)C2)CC1. The summed E-state index contributed by atoms with van der Waals surface area (Å²) < 4.78 is 0. The molecule has 2 rings (SSSR count). The molecule has 2 aliphatic carbocycles. The number of carboxylic acids is 1. The van der Waals surface area contributed by atoms with E-state index in [1.165, 1.54) is 0 Å². The molecule has 0 heterocycles. The minimum atomic E-state index is -0.747. The van der Waals surface area contributed by atoms with Crippen LogP contribution in [-0.2, 0) is 4.79 Å². The van der Waals surface area contributed by atoms with E-state index < -0.39 is 11.6 Å². The van der Waals surface area contributed by atoms with Crippen molar-refractivity contribution in [2.24, 2.45) is 11.8 Å². The van der Waals surface area contributed by atoms with Crippen molar-refractivity contribution in [1.82, 2.24) is 5.32 Å². The molecule has 2 atom stereocenters. The van der Waals surface area contributed by atoms with Gasteiger partial charge in [0, 0.05) is 6.54 Å². The van der Waals surface area contributed by atoms with Gasteiger partial charge in [-0.3, -0.25) is 4.79 Å². The molecule has 0 amide bonds. The Morgan fingerprint density at radius 3 is 2.42 bits per heavy atom. The topological polar surface area (TPSA) is 89.8 Å². The van der Waals surface area contributed by atoms with Gasteiger partial charge in [0.2, 0.25) is 0 Å². The maximum atomic E-state index is 10.9. The van der Waals surface area contributed by atoms with Crippen LogP contribution in [0.15, 0.2) is 0 Å². The Kier molecular flexibility index (Phi) is 4.81. The number of carboxylic acid groups (broad SMARTS) is 1. The highest BCUT2D eigenvalue weighted by molar-refractivity contribution is 5.70. The first-order chi connectivity index (χ1) is 8.98. The van der Waals surface area contributed by atoms with Crippen molar-refractivity contribution in [3.8, 4) is 0 Å². The fourth-order valence-electron chi connectivity index (χ4n) is 3.32. The second-order valence-electron chi connectivity index (χ2n) is 6.30. The van der Waals surface area contributed by atoms with Gasteiger partial charge in [0.05, 0.1) is 17.6 Å². The molecule has 2 aliphatic rings. The first-order valence-electron chi connectivity index (χ1n) is 7.32. The molecule has 0 radical (unpaired) electrons. The quantitative estimate of drug-likeness (QED) is 0.592. The number of hydrogen-bond donors (Lipinski definition) is 4. The molecule has 2 fully saturated rings. The number of carbonyl (C=O) groups is 1. The Morgan fingerprint density at radius 2 is 1.89 bits per heavy atom. The summed E-state index contributed by atoms with van der Waals surface area (Å²) in [5.74, 6) is -0.519. The van der Waals surface area contributed by atoms with Gasteiger partial charge in [0.1, 0.15) is 0 Å². The van der Waals surface area contributed by atoms with Gasteiger partial charge in [0.25, 0.3) is 0 Å². The standard InChI is InChI=1S/C14H25NO4/c16-12-2-1-10(7-12)8-15-9-14(19)5-3-11(4-6-14)13(17)18/h10-12,15-16,19H,1-9H2,(H,17,18). The summed E-state index contributed by atoms with van der Waals surface area (Å²) in [5, 5.41) is 32.1. The van der Waals surface area contributed by atoms with E-state index in [0.29, 0.717) is 38.1 Å². The first-order valence-corrected chi connectivity index (χ1v) is 7.32. The number of aliphatic hydroxyl groups excluding tert-OH is 1. The lowest BCUT2D eigenvalue weighted by molar-refractivity contribution is -0.144. The lowest BCUT2D eigenvalue weighted by Crippen LogP contribution is -2.45. The summed E-state index contributed by atoms with van der Waals surface area (Å²) in [4.78, 5) is 10.9. The van der Waals surface area contributed by atoms with Crippen molar-refractivity contribution in [2.45, 2.75) is 56.7 Å². The van der Waals surface area contributed by atoms with Gasteiger partial charge in [-0.25, -0.2) is 0 Å². The Balaban J connectivity index is 1.67. The van der Waals surface area contributed by atoms with Crippen LogP contribution in [0.25, 0.3) is 0 Å². The highest BCUT2D eigenvalue weighted by Crippen LogP contribution is 2.32. The third kappa shape index (κ3) is 4.16. The second-order valence-corrected chi connectivity index (χ2v) is 6.30. The van der Waals surface area contributed by atoms with E-state index in [4.69, 9.17) is 5.11 Å². The summed E-state index contributed by atoms with van der Waals surface area (Å²) in [6.45, 7) is 1.37. The van der Waals surface area contributed by atoms with Crippen LogP contribution in [0, 0.1) is 11.8 Å². The Hall–Kier alpha value is -0.650. The van der Waals surface area contributed by atoms with Crippen LogP contribution < -0.4 is 5.32 Å². The molecular formula is C14H25NO4. The minimum absolute atomic E-state index is 0.152. The highest BCUT2D eigenvalue weighted by Gasteiger charge is 2.35. The van der Waals surface area contributed by atoms with Gasteiger partial charge >= 0.3 is 5.97 Å². The molecule has 0 spiro atoms. The van der Waals surface area contributed by atoms with Gasteiger partial charge in [-0.15, -0.1) is 0 Å². The van der Waals surface area contributed by atoms with Gasteiger partial charge in [-0.1, -0.05) is 0 Å². The predicted octanol–water partition coefficient (Wildman–Crippen LogP) is 0.743. The maximum absolute atomic E-state index is 10.9. The average molecular weight is 271 g/mol. The number of rotatable bonds is 5. The number of aliphatic hydroxyl groups is 2. The maximum Gasteiger partial charge on any atom is 0.306 e. The largest absolute Gasteiger partial charge is 0.481 e. The molecule has 0 aromatic rings. The van der Waals surface area contributed by atoms with E-state index >= 15 is 0 Å². The van der Waals surface area contributed by atoms with Crippen LogP contribution in [0.4, 0.5) is 0 Å². The molecule has 0 bridgehead atoms. The summed E-state index contributed by atoms with van der Waals surface area (Å²) in [7, 11) is 0. The van der Waals surface area contributed by atoms with Crippen LogP contribution in [0.5, 0.6) is 0 Å². The molecule has 0 saturated heterocycles. The molecule has 5 heteroatoms. The van der Waals surface area contributed by atoms with Crippen molar-refractivity contribution in [3.05, 3.63) is 0 Å². The Labute approximate surface area is 114 Å². The lowest BCUT2D eigenvalue weighted by Gasteiger charge is -2.35. The average Bonchev–Trinajstić information content (AvgIpc) is 2.75. The van der Waals surface area contributed by atoms with E-state index in [9.17, 15) is 15.0 Å². The van der Waals surface area contributed by atoms with E-state index in [1.54, 1.807) is 0 Å². The molecule has 5 nitrogen and oxygen atoms in total. The zero-order valence-electron chi connectivity index (χ0n) is 11.3. The van der Waals surface area contributed by atoms with Gasteiger partial charge in [-0.2, -0.15) is 0 Å². The fraction of sp³-hybridized carbons (Fsp3) is 0.929. The van der Waals surface area contributed by atoms with Crippen molar-refractivity contribution in [2.75, 3.05) is 13.1 Å². The van der Waals surface area contributed by atoms with Crippen molar-refractivity contribution < 1.29 is 20.1 Å². The lowest BCUT2D eigenvalue weighted by atomic mass is 9.79. The van der Waals surface area contributed by atoms with Gasteiger partial charge in [0.15, 0.2) is 0 Å². The zero-order valence-corrected chi connectivity index (χ0v) is 11.3. The molecule has 2 unspecified atom stereocenters. The van der Waals surface area contributed by atoms with Gasteiger partial charge < -0.3 is 20.6 Å². The molecule has 19 heavy (non-hydrogen) atoms. The summed E-state index contributed by atoms with van der Waals surface area (Å²) >= 11 is 0. The molecule has 4 N–H and O–H groups in total. The fourth-order valence-corrected chi connectivity index (χ4v) is 3.32. The van der Waals surface area contributed by atoms with E-state index in [1.807, 2.05) is 0 Å².